The summed E-state index contributed by atoms with van der Waals surface area (Å²) in [5.41, 5.74) is 1.08. The molecule has 0 spiro atoms. The number of carbonyl (C=O) groups excluding carboxylic acids is 2. The number of aliphatic hydroxyl groups is 1. The average molecular weight is 465 g/mol. The lowest BCUT2D eigenvalue weighted by atomic mass is 9.98. The summed E-state index contributed by atoms with van der Waals surface area (Å²) in [6, 6.07) is 15.7. The lowest BCUT2D eigenvalue weighted by Crippen LogP contribution is -2.29. The molecule has 1 aromatic heterocycles. The van der Waals surface area contributed by atoms with Crippen LogP contribution in [0.15, 0.2) is 72.4 Å². The Hall–Kier alpha value is -3.84. The maximum Gasteiger partial charge on any atom is 0.300 e. The number of rotatable bonds is 6. The van der Waals surface area contributed by atoms with Crippen molar-refractivity contribution in [1.29, 1.82) is 0 Å². The molecule has 2 aromatic carbocycles. The van der Waals surface area contributed by atoms with E-state index in [1.165, 1.54) is 18.1 Å². The molecule has 0 radical (unpaired) electrons. The smallest absolute Gasteiger partial charge is 0.300 e. The highest BCUT2D eigenvalue weighted by Crippen LogP contribution is 2.42. The quantitative estimate of drug-likeness (QED) is 0.321. The molecule has 1 amide bonds. The highest BCUT2D eigenvalue weighted by molar-refractivity contribution is 6.51. The molecule has 1 fully saturated rings. The molecule has 0 bridgehead atoms. The number of amides is 1. The van der Waals surface area contributed by atoms with Gasteiger partial charge in [0.25, 0.3) is 11.7 Å². The molecule has 1 unspecified atom stereocenters. The molecular formula is C25H21ClN2O5. The van der Waals surface area contributed by atoms with Gasteiger partial charge in [0.2, 0.25) is 0 Å². The van der Waals surface area contributed by atoms with Gasteiger partial charge in [-0.3, -0.25) is 19.5 Å². The second kappa shape index (κ2) is 9.34. The predicted molar refractivity (Wildman–Crippen MR) is 125 cm³/mol. The van der Waals surface area contributed by atoms with Gasteiger partial charge in [0.1, 0.15) is 23.3 Å². The number of Topliss-reactive ketones (excluding diaryl/α,β-unsaturated/α-hetero) is 1. The number of aliphatic hydroxyl groups excluding tert-OH is 1. The molecule has 7 nitrogen and oxygen atoms in total. The summed E-state index contributed by atoms with van der Waals surface area (Å²) >= 11 is 6.22. The third kappa shape index (κ3) is 4.15. The Morgan fingerprint density at radius 3 is 2.61 bits per heavy atom. The first-order valence-corrected chi connectivity index (χ1v) is 10.6. The van der Waals surface area contributed by atoms with E-state index in [1.807, 2.05) is 6.92 Å². The van der Waals surface area contributed by atoms with Crippen LogP contribution in [0.5, 0.6) is 11.5 Å². The van der Waals surface area contributed by atoms with Gasteiger partial charge in [0.05, 0.1) is 30.0 Å². The maximum absolute atomic E-state index is 13.2. The van der Waals surface area contributed by atoms with E-state index >= 15 is 0 Å². The van der Waals surface area contributed by atoms with Gasteiger partial charge in [-0.25, -0.2) is 0 Å². The van der Waals surface area contributed by atoms with Crippen LogP contribution in [0.3, 0.4) is 0 Å². The van der Waals surface area contributed by atoms with E-state index in [0.717, 1.165) is 0 Å². The van der Waals surface area contributed by atoms with E-state index in [0.29, 0.717) is 29.5 Å². The number of hydrogen-bond acceptors (Lipinski definition) is 6. The molecule has 168 valence electrons. The number of pyridine rings is 1. The minimum Gasteiger partial charge on any atom is -0.507 e. The van der Waals surface area contributed by atoms with Crippen molar-refractivity contribution >= 4 is 34.7 Å². The largest absolute Gasteiger partial charge is 0.507 e. The zero-order valence-electron chi connectivity index (χ0n) is 18.0. The van der Waals surface area contributed by atoms with Crippen molar-refractivity contribution in [2.24, 2.45) is 0 Å². The van der Waals surface area contributed by atoms with E-state index in [-0.39, 0.29) is 21.9 Å². The van der Waals surface area contributed by atoms with Crippen molar-refractivity contribution in [2.75, 3.05) is 18.6 Å². The number of anilines is 1. The maximum atomic E-state index is 13.2. The van der Waals surface area contributed by atoms with Gasteiger partial charge in [-0.1, -0.05) is 23.7 Å². The first-order chi connectivity index (χ1) is 16.0. The first-order valence-electron chi connectivity index (χ1n) is 10.2. The van der Waals surface area contributed by atoms with E-state index in [2.05, 4.69) is 4.98 Å². The van der Waals surface area contributed by atoms with Crippen molar-refractivity contribution in [3.05, 3.63) is 88.7 Å². The lowest BCUT2D eigenvalue weighted by Gasteiger charge is -2.25. The summed E-state index contributed by atoms with van der Waals surface area (Å²) in [4.78, 5) is 32.1. The molecule has 1 aliphatic heterocycles. The Kier molecular flexibility index (Phi) is 6.33. The molecule has 0 saturated carbocycles. The summed E-state index contributed by atoms with van der Waals surface area (Å²) < 4.78 is 10.7. The minimum absolute atomic E-state index is 0.0817. The zero-order valence-corrected chi connectivity index (χ0v) is 18.7. The molecule has 3 aromatic rings. The molecule has 2 heterocycles. The number of carbonyl (C=O) groups is 2. The van der Waals surface area contributed by atoms with Crippen LogP contribution in [0.25, 0.3) is 5.76 Å². The van der Waals surface area contributed by atoms with Crippen LogP contribution >= 0.6 is 11.6 Å². The fourth-order valence-electron chi connectivity index (χ4n) is 3.78. The van der Waals surface area contributed by atoms with Gasteiger partial charge in [0, 0.05) is 23.5 Å². The van der Waals surface area contributed by atoms with Gasteiger partial charge in [-0.15, -0.1) is 0 Å². The van der Waals surface area contributed by atoms with Crippen LogP contribution in [0.4, 0.5) is 5.69 Å². The molecule has 1 N–H and O–H groups in total. The topological polar surface area (TPSA) is 89.0 Å². The molecule has 1 saturated heterocycles. The van der Waals surface area contributed by atoms with E-state index < -0.39 is 17.7 Å². The molecule has 8 heteroatoms. The lowest BCUT2D eigenvalue weighted by molar-refractivity contribution is -0.132. The Morgan fingerprint density at radius 2 is 1.94 bits per heavy atom. The third-order valence-corrected chi connectivity index (χ3v) is 5.54. The first kappa shape index (κ1) is 22.4. The number of nitrogens with zero attached hydrogens (tertiary/aromatic N) is 2. The van der Waals surface area contributed by atoms with E-state index in [9.17, 15) is 14.7 Å². The van der Waals surface area contributed by atoms with Crippen molar-refractivity contribution < 1.29 is 24.2 Å². The monoisotopic (exact) mass is 464 g/mol. The molecular weight excluding hydrogens is 444 g/mol. The third-order valence-electron chi connectivity index (χ3n) is 5.24. The zero-order chi connectivity index (χ0) is 23.5. The van der Waals surface area contributed by atoms with Crippen LogP contribution in [-0.2, 0) is 9.59 Å². The summed E-state index contributed by atoms with van der Waals surface area (Å²) in [5, 5.41) is 11.4. The SMILES string of the molecule is CCOc1cccc(N2C(=O)C(=O)/C(=C(/O)c3ccc(OC)c(Cl)c3)C2c2ccccn2)c1. The number of aromatic nitrogens is 1. The molecule has 33 heavy (non-hydrogen) atoms. The van der Waals surface area contributed by atoms with Crippen LogP contribution in [0.1, 0.15) is 24.2 Å². The number of hydrogen-bond donors (Lipinski definition) is 1. The second-order valence-electron chi connectivity index (χ2n) is 7.20. The molecule has 1 atom stereocenters. The van der Waals surface area contributed by atoms with Crippen LogP contribution in [0, 0.1) is 0 Å². The van der Waals surface area contributed by atoms with Crippen molar-refractivity contribution in [2.45, 2.75) is 13.0 Å². The highest BCUT2D eigenvalue weighted by Gasteiger charge is 2.47. The Balaban J connectivity index is 1.91. The number of methoxy groups -OCH3 is 1. The molecule has 1 aliphatic rings. The summed E-state index contributed by atoms with van der Waals surface area (Å²) in [6.07, 6.45) is 1.57. The van der Waals surface area contributed by atoms with Crippen molar-refractivity contribution in [3.63, 3.8) is 0 Å². The number of ether oxygens (including phenoxy) is 2. The Morgan fingerprint density at radius 1 is 1.12 bits per heavy atom. The van der Waals surface area contributed by atoms with Gasteiger partial charge in [-0.05, 0) is 49.4 Å². The molecule has 0 aliphatic carbocycles. The van der Waals surface area contributed by atoms with Gasteiger partial charge >= 0.3 is 0 Å². The normalized spacial score (nSPS) is 17.3. The van der Waals surface area contributed by atoms with Crippen molar-refractivity contribution in [1.82, 2.24) is 4.98 Å². The van der Waals surface area contributed by atoms with Gasteiger partial charge in [0.15, 0.2) is 0 Å². The second-order valence-corrected chi connectivity index (χ2v) is 7.61. The fraction of sp³-hybridized carbons (Fsp3) is 0.160. The summed E-state index contributed by atoms with van der Waals surface area (Å²) in [6.45, 7) is 2.30. The van der Waals surface area contributed by atoms with Crippen molar-refractivity contribution in [3.8, 4) is 11.5 Å². The Labute approximate surface area is 195 Å². The number of benzene rings is 2. The number of halogens is 1. The van der Waals surface area contributed by atoms with Crippen LogP contribution in [0.2, 0.25) is 5.02 Å². The highest BCUT2D eigenvalue weighted by atomic mass is 35.5. The van der Waals surface area contributed by atoms with E-state index in [4.69, 9.17) is 21.1 Å². The fourth-order valence-corrected chi connectivity index (χ4v) is 4.03. The average Bonchev–Trinajstić information content (AvgIpc) is 3.10. The van der Waals surface area contributed by atoms with Gasteiger partial charge < -0.3 is 14.6 Å². The minimum atomic E-state index is -0.941. The molecule has 4 rings (SSSR count). The van der Waals surface area contributed by atoms with E-state index in [1.54, 1.807) is 60.8 Å². The van der Waals surface area contributed by atoms with Gasteiger partial charge in [-0.2, -0.15) is 0 Å². The van der Waals surface area contributed by atoms with Crippen LogP contribution < -0.4 is 14.4 Å². The number of ketones is 1. The summed E-state index contributed by atoms with van der Waals surface area (Å²) in [5.74, 6) is -0.976. The van der Waals surface area contributed by atoms with Crippen LogP contribution in [-0.4, -0.2) is 35.5 Å². The summed E-state index contributed by atoms with van der Waals surface area (Å²) in [7, 11) is 1.48. The standard InChI is InChI=1S/C25H21ClN2O5/c1-3-33-17-8-6-7-16(14-17)28-22(19-9-4-5-12-27-19)21(24(30)25(28)31)23(29)15-10-11-20(32-2)18(26)13-15/h4-14,22,29H,3H2,1-2H3/b23-21+. The Bertz CT molecular complexity index is 1240. The predicted octanol–water partition coefficient (Wildman–Crippen LogP) is 4.77.